The number of unbranched alkanes of at least 4 members (excludes halogenated alkanes) is 8. The van der Waals surface area contributed by atoms with Crippen LogP contribution in [0.3, 0.4) is 0 Å². The van der Waals surface area contributed by atoms with Crippen molar-refractivity contribution >= 4 is 8.80 Å². The van der Waals surface area contributed by atoms with E-state index in [-0.39, 0.29) is 12.4 Å². The Morgan fingerprint density at radius 2 is 1.50 bits per heavy atom. The van der Waals surface area contributed by atoms with Crippen LogP contribution in [0.25, 0.3) is 0 Å². The first-order valence-electron chi connectivity index (χ1n) is 10.7. The molecule has 0 heterocycles. The van der Waals surface area contributed by atoms with E-state index in [0.717, 1.165) is 19.3 Å². The van der Waals surface area contributed by atoms with Gasteiger partial charge in [0.15, 0.2) is 5.88 Å². The highest BCUT2D eigenvalue weighted by Gasteiger charge is 2.37. The smallest absolute Gasteiger partial charge is 0.495 e. The molecule has 0 saturated carbocycles. The number of allylic oxidation sites excluding steroid dienone is 1. The molecule has 0 aromatic heterocycles. The fourth-order valence-electron chi connectivity index (χ4n) is 3.18. The van der Waals surface area contributed by atoms with Gasteiger partial charge >= 0.3 is 8.80 Å². The molecule has 0 aromatic rings. The second kappa shape index (κ2) is 18.1. The summed E-state index contributed by atoms with van der Waals surface area (Å²) >= 11 is 0. The van der Waals surface area contributed by atoms with Crippen LogP contribution in [0.5, 0.6) is 0 Å². The Labute approximate surface area is 172 Å². The number of aliphatic hydroxyl groups excluding tert-OH is 1. The molecular formula is C20H42N2O5Si. The summed E-state index contributed by atoms with van der Waals surface area (Å²) in [5, 5.41) is 13.3. The van der Waals surface area contributed by atoms with Crippen molar-refractivity contribution < 1.29 is 18.4 Å². The first-order valence-corrected chi connectivity index (χ1v) is 12.6. The Morgan fingerprint density at radius 3 is 2.04 bits per heavy atom. The van der Waals surface area contributed by atoms with Crippen LogP contribution in [0.4, 0.5) is 0 Å². The van der Waals surface area contributed by atoms with Crippen molar-refractivity contribution in [3.8, 4) is 0 Å². The van der Waals surface area contributed by atoms with Crippen molar-refractivity contribution in [3.05, 3.63) is 16.9 Å². The van der Waals surface area contributed by atoms with Crippen molar-refractivity contribution in [1.29, 1.82) is 0 Å². The molecule has 0 spiro atoms. The Bertz CT molecular complexity index is 398. The summed E-state index contributed by atoms with van der Waals surface area (Å²) in [7, 11) is 2.16. The highest BCUT2D eigenvalue weighted by molar-refractivity contribution is 6.60. The van der Waals surface area contributed by atoms with E-state index in [9.17, 15) is 10.0 Å². The van der Waals surface area contributed by atoms with Gasteiger partial charge in [0.05, 0.1) is 6.54 Å². The van der Waals surface area contributed by atoms with Crippen LogP contribution in [0, 0.1) is 4.91 Å². The van der Waals surface area contributed by atoms with E-state index in [2.05, 4.69) is 12.1 Å². The number of aliphatic hydroxyl groups is 1. The van der Waals surface area contributed by atoms with Crippen molar-refractivity contribution in [3.63, 3.8) is 0 Å². The Morgan fingerprint density at radius 1 is 0.929 bits per heavy atom. The maximum atomic E-state index is 10.5. The predicted molar refractivity (Wildman–Crippen MR) is 116 cm³/mol. The van der Waals surface area contributed by atoms with E-state index in [4.69, 9.17) is 13.3 Å². The summed E-state index contributed by atoms with van der Waals surface area (Å²) < 4.78 is 16.3. The normalized spacial score (nSPS) is 12.4. The topological polar surface area (TPSA) is 80.6 Å². The molecule has 0 aliphatic heterocycles. The van der Waals surface area contributed by atoms with Crippen LogP contribution in [0.15, 0.2) is 17.1 Å². The Kier molecular flexibility index (Phi) is 17.5. The summed E-state index contributed by atoms with van der Waals surface area (Å²) in [5.74, 6) is 0.228. The number of hydrogen-bond donors (Lipinski definition) is 1. The first-order chi connectivity index (χ1) is 13.6. The fraction of sp³-hybridized carbons (Fsp3) is 0.900. The molecule has 0 aliphatic carbocycles. The number of rotatable bonds is 20. The second-order valence-electron chi connectivity index (χ2n) is 7.06. The minimum atomic E-state index is -2.62. The van der Waals surface area contributed by atoms with E-state index in [0.29, 0.717) is 19.1 Å². The SMILES string of the molecule is CCCCCCCCCCC=C(O)N(CCC[Si](OC)(OC)OC)CCN=O. The van der Waals surface area contributed by atoms with Gasteiger partial charge in [0.2, 0.25) is 0 Å². The molecule has 0 aliphatic rings. The Balaban J connectivity index is 4.27. The number of nitroso groups, excluding NO2 is 1. The average Bonchev–Trinajstić information content (AvgIpc) is 2.72. The largest absolute Gasteiger partial charge is 0.500 e. The van der Waals surface area contributed by atoms with Gasteiger partial charge in [-0.3, -0.25) is 0 Å². The third-order valence-electron chi connectivity index (χ3n) is 5.01. The minimum Gasteiger partial charge on any atom is -0.495 e. The van der Waals surface area contributed by atoms with Gasteiger partial charge in [-0.2, -0.15) is 4.91 Å². The predicted octanol–water partition coefficient (Wildman–Crippen LogP) is 5.25. The summed E-state index contributed by atoms with van der Waals surface area (Å²) in [6, 6.07) is 0.646. The molecule has 0 amide bonds. The van der Waals surface area contributed by atoms with Gasteiger partial charge in [0, 0.05) is 40.5 Å². The van der Waals surface area contributed by atoms with Gasteiger partial charge in [0.25, 0.3) is 0 Å². The van der Waals surface area contributed by atoms with Gasteiger partial charge in [-0.1, -0.05) is 57.0 Å². The summed E-state index contributed by atoms with van der Waals surface area (Å²) in [6.07, 6.45) is 13.6. The zero-order valence-corrected chi connectivity index (χ0v) is 19.5. The van der Waals surface area contributed by atoms with E-state index >= 15 is 0 Å². The van der Waals surface area contributed by atoms with Gasteiger partial charge in [-0.05, 0) is 25.3 Å². The maximum absolute atomic E-state index is 10.5. The van der Waals surface area contributed by atoms with Crippen LogP contribution in [-0.2, 0) is 13.3 Å². The van der Waals surface area contributed by atoms with Crippen molar-refractivity contribution in [2.24, 2.45) is 5.18 Å². The summed E-state index contributed by atoms with van der Waals surface area (Å²) in [5.41, 5.74) is 0. The van der Waals surface area contributed by atoms with Crippen molar-refractivity contribution in [2.45, 2.75) is 77.2 Å². The van der Waals surface area contributed by atoms with Crippen molar-refractivity contribution in [1.82, 2.24) is 4.90 Å². The van der Waals surface area contributed by atoms with Crippen LogP contribution in [-0.4, -0.2) is 59.8 Å². The number of hydrogen-bond acceptors (Lipinski definition) is 7. The maximum Gasteiger partial charge on any atom is 0.500 e. The van der Waals surface area contributed by atoms with E-state index in [1.807, 2.05) is 6.08 Å². The molecule has 0 radical (unpaired) electrons. The van der Waals surface area contributed by atoms with Gasteiger partial charge < -0.3 is 23.3 Å². The second-order valence-corrected chi connectivity index (χ2v) is 10.2. The molecule has 0 rings (SSSR count). The molecule has 0 bridgehead atoms. The summed E-state index contributed by atoms with van der Waals surface area (Å²) in [6.45, 7) is 3.39. The molecular weight excluding hydrogens is 376 g/mol. The Hall–Kier alpha value is -0.963. The average molecular weight is 419 g/mol. The third-order valence-corrected chi connectivity index (χ3v) is 7.85. The monoisotopic (exact) mass is 418 g/mol. The highest BCUT2D eigenvalue weighted by atomic mass is 28.4. The molecule has 28 heavy (non-hydrogen) atoms. The van der Waals surface area contributed by atoms with Crippen LogP contribution in [0.1, 0.15) is 71.1 Å². The zero-order valence-electron chi connectivity index (χ0n) is 18.5. The van der Waals surface area contributed by atoms with Crippen LogP contribution in [0.2, 0.25) is 6.04 Å². The van der Waals surface area contributed by atoms with Gasteiger partial charge in [-0.15, -0.1) is 0 Å². The minimum absolute atomic E-state index is 0.150. The quantitative estimate of drug-likeness (QED) is 0.126. The molecule has 0 aromatic carbocycles. The van der Waals surface area contributed by atoms with E-state index in [1.165, 1.54) is 44.9 Å². The van der Waals surface area contributed by atoms with E-state index < -0.39 is 8.80 Å². The van der Waals surface area contributed by atoms with Crippen molar-refractivity contribution in [2.75, 3.05) is 41.0 Å². The molecule has 7 nitrogen and oxygen atoms in total. The lowest BCUT2D eigenvalue weighted by Gasteiger charge is -2.27. The lowest BCUT2D eigenvalue weighted by molar-refractivity contribution is 0.120. The molecule has 1 N–H and O–H groups in total. The lowest BCUT2D eigenvalue weighted by Crippen LogP contribution is -2.43. The third kappa shape index (κ3) is 12.5. The molecule has 0 saturated heterocycles. The van der Waals surface area contributed by atoms with Crippen LogP contribution >= 0.6 is 0 Å². The lowest BCUT2D eigenvalue weighted by atomic mass is 10.1. The molecule has 166 valence electrons. The fourth-order valence-corrected chi connectivity index (χ4v) is 4.89. The molecule has 0 fully saturated rings. The molecule has 0 atom stereocenters. The first kappa shape index (κ1) is 27.0. The molecule has 0 unspecified atom stereocenters. The molecule has 8 heteroatoms. The standard InChI is InChI=1S/C20H42N2O5Si/c1-5-6-7-8-9-10-11-12-13-15-20(23)22(18-16-21-24)17-14-19-28(25-2,26-3)27-4/h15,23H,5-14,16-19H2,1-4H3. The summed E-state index contributed by atoms with van der Waals surface area (Å²) in [4.78, 5) is 12.3. The van der Waals surface area contributed by atoms with Gasteiger partial charge in [0.1, 0.15) is 0 Å². The zero-order chi connectivity index (χ0) is 21.1. The number of nitrogens with zero attached hydrogens (tertiary/aromatic N) is 2. The van der Waals surface area contributed by atoms with E-state index in [1.54, 1.807) is 26.2 Å². The van der Waals surface area contributed by atoms with Gasteiger partial charge in [-0.25, -0.2) is 0 Å². The van der Waals surface area contributed by atoms with Crippen LogP contribution < -0.4 is 0 Å². The highest BCUT2D eigenvalue weighted by Crippen LogP contribution is 2.17.